The van der Waals surface area contributed by atoms with Crippen LogP contribution in [0.5, 0.6) is 0 Å². The van der Waals surface area contributed by atoms with Crippen LogP contribution < -0.4 is 0 Å². The molecule has 1 aromatic heterocycles. The summed E-state index contributed by atoms with van der Waals surface area (Å²) in [4.78, 5) is 14.9. The fourth-order valence-corrected chi connectivity index (χ4v) is 4.02. The highest BCUT2D eigenvalue weighted by molar-refractivity contribution is 7.21. The van der Waals surface area contributed by atoms with Crippen molar-refractivity contribution in [1.29, 1.82) is 0 Å². The van der Waals surface area contributed by atoms with Crippen molar-refractivity contribution in [3.8, 4) is 0 Å². The number of carbonyl (C=O) groups excluding carboxylic acids is 1. The van der Waals surface area contributed by atoms with Crippen LogP contribution in [-0.4, -0.2) is 31.6 Å². The Morgan fingerprint density at radius 3 is 2.85 bits per heavy atom. The lowest BCUT2D eigenvalue weighted by Crippen LogP contribution is -2.19. The molecule has 2 heterocycles. The van der Waals surface area contributed by atoms with Crippen LogP contribution in [0, 0.1) is 0 Å². The molecule has 6 heteroatoms. The van der Waals surface area contributed by atoms with E-state index in [2.05, 4.69) is 11.9 Å². The second-order valence-electron chi connectivity index (χ2n) is 4.79. The van der Waals surface area contributed by atoms with Crippen molar-refractivity contribution in [2.75, 3.05) is 20.7 Å². The summed E-state index contributed by atoms with van der Waals surface area (Å²) in [5.41, 5.74) is 2.22. The fourth-order valence-electron chi connectivity index (χ4n) is 2.61. The van der Waals surface area contributed by atoms with E-state index in [4.69, 9.17) is 16.3 Å². The number of nitrogens with zero attached hydrogens (tertiary/aromatic N) is 1. The summed E-state index contributed by atoms with van der Waals surface area (Å²) in [5, 5.41) is 1.94. The van der Waals surface area contributed by atoms with Crippen LogP contribution in [0.3, 0.4) is 0 Å². The molecule has 108 valence electrons. The van der Waals surface area contributed by atoms with E-state index >= 15 is 0 Å². The van der Waals surface area contributed by atoms with Gasteiger partial charge in [0.25, 0.3) is 0 Å². The molecule has 0 saturated carbocycles. The number of esters is 1. The van der Waals surface area contributed by atoms with Gasteiger partial charge in [-0.2, -0.15) is 0 Å². The van der Waals surface area contributed by atoms with Crippen LogP contribution in [0.1, 0.15) is 20.8 Å². The van der Waals surface area contributed by atoms with E-state index < -0.39 is 0 Å². The summed E-state index contributed by atoms with van der Waals surface area (Å²) in [6.45, 7) is 1.70. The maximum absolute atomic E-state index is 11.9. The molecule has 1 aromatic carbocycles. The van der Waals surface area contributed by atoms with Crippen LogP contribution in [0.2, 0.25) is 5.02 Å². The normalized spacial score (nSPS) is 14.8. The van der Waals surface area contributed by atoms with E-state index in [0.717, 1.165) is 45.7 Å². The van der Waals surface area contributed by atoms with Crippen LogP contribution in [0.15, 0.2) is 12.1 Å². The summed E-state index contributed by atoms with van der Waals surface area (Å²) in [5.74, 6) is -0.256. The van der Waals surface area contributed by atoms with Gasteiger partial charge >= 0.3 is 5.97 Å². The van der Waals surface area contributed by atoms with Gasteiger partial charge in [-0.3, -0.25) is 0 Å². The van der Waals surface area contributed by atoms with Crippen LogP contribution >= 0.6 is 35.3 Å². The fraction of sp³-hybridized carbons (Fsp3) is 0.357. The number of benzene rings is 1. The molecule has 0 spiro atoms. The Hall–Kier alpha value is -0.810. The largest absolute Gasteiger partial charge is 0.465 e. The monoisotopic (exact) mass is 331 g/mol. The van der Waals surface area contributed by atoms with Gasteiger partial charge in [-0.25, -0.2) is 4.79 Å². The molecule has 1 aliphatic rings. The number of hydrogen-bond acceptors (Lipinski definition) is 4. The lowest BCUT2D eigenvalue weighted by molar-refractivity contribution is 0.0604. The summed E-state index contributed by atoms with van der Waals surface area (Å²) in [6.07, 6.45) is 0.914. The third-order valence-electron chi connectivity index (χ3n) is 3.55. The minimum absolute atomic E-state index is 0. The van der Waals surface area contributed by atoms with Crippen molar-refractivity contribution in [1.82, 2.24) is 4.90 Å². The number of rotatable bonds is 1. The molecule has 0 atom stereocenters. The van der Waals surface area contributed by atoms with Gasteiger partial charge in [-0.05, 0) is 36.7 Å². The topological polar surface area (TPSA) is 29.5 Å². The smallest absolute Gasteiger partial charge is 0.348 e. The van der Waals surface area contributed by atoms with E-state index in [-0.39, 0.29) is 18.4 Å². The van der Waals surface area contributed by atoms with Crippen LogP contribution in [-0.2, 0) is 17.7 Å². The lowest BCUT2D eigenvalue weighted by Gasteiger charge is -2.13. The molecule has 0 bridgehead atoms. The minimum atomic E-state index is -0.256. The first-order valence-corrected chi connectivity index (χ1v) is 7.31. The average Bonchev–Trinajstić information content (AvgIpc) is 2.65. The number of ether oxygens (including phenoxy) is 1. The number of carbonyl (C=O) groups is 1. The lowest BCUT2D eigenvalue weighted by atomic mass is 10.0. The maximum atomic E-state index is 11.9. The standard InChI is InChI=1S/C14H14ClNO2S.ClH/c1-16-6-5-8-10(15)3-4-11-12(8)9(7-16)13(19-11)14(17)18-2;/h3-4H,5-7H2,1-2H3;1H. The van der Waals surface area contributed by atoms with Crippen LogP contribution in [0.25, 0.3) is 10.1 Å². The molecule has 0 amide bonds. The number of hydrogen-bond donors (Lipinski definition) is 0. The molecule has 3 nitrogen and oxygen atoms in total. The highest BCUT2D eigenvalue weighted by atomic mass is 35.5. The molecule has 0 aliphatic carbocycles. The summed E-state index contributed by atoms with van der Waals surface area (Å²) >= 11 is 7.82. The molecule has 0 fully saturated rings. The Balaban J connectivity index is 0.00000147. The predicted molar refractivity (Wildman–Crippen MR) is 85.5 cm³/mol. The molecule has 0 radical (unpaired) electrons. The van der Waals surface area contributed by atoms with Crippen molar-refractivity contribution in [3.05, 3.63) is 33.2 Å². The number of likely N-dealkylation sites (N-methyl/N-ethyl adjacent to an activating group) is 1. The molecule has 20 heavy (non-hydrogen) atoms. The van der Waals surface area contributed by atoms with E-state index in [1.165, 1.54) is 18.4 Å². The molecule has 0 N–H and O–H groups in total. The number of thiophene rings is 1. The van der Waals surface area contributed by atoms with Crippen molar-refractivity contribution >= 4 is 51.4 Å². The van der Waals surface area contributed by atoms with Gasteiger partial charge in [-0.15, -0.1) is 23.7 Å². The zero-order valence-electron chi connectivity index (χ0n) is 11.2. The van der Waals surface area contributed by atoms with E-state index in [1.807, 2.05) is 12.1 Å². The van der Waals surface area contributed by atoms with E-state index in [1.54, 1.807) is 0 Å². The first-order valence-electron chi connectivity index (χ1n) is 6.11. The third kappa shape index (κ3) is 2.42. The third-order valence-corrected chi connectivity index (χ3v) is 5.08. The van der Waals surface area contributed by atoms with E-state index in [9.17, 15) is 4.79 Å². The molecular formula is C14H15Cl2NO2S. The second kappa shape index (κ2) is 5.90. The van der Waals surface area contributed by atoms with Gasteiger partial charge in [0.1, 0.15) is 4.88 Å². The van der Waals surface area contributed by atoms with Gasteiger partial charge in [0.2, 0.25) is 0 Å². The Morgan fingerprint density at radius 1 is 1.40 bits per heavy atom. The Kier molecular flexibility index (Phi) is 4.59. The van der Waals surface area contributed by atoms with Crippen molar-refractivity contribution in [2.24, 2.45) is 0 Å². The predicted octanol–water partition coefficient (Wildman–Crippen LogP) is 3.75. The SMILES string of the molecule is COC(=O)c1sc2ccc(Cl)c3c2c1CN(C)CC3.Cl. The van der Waals surface area contributed by atoms with Crippen molar-refractivity contribution < 1.29 is 9.53 Å². The number of methoxy groups -OCH3 is 1. The van der Waals surface area contributed by atoms with Gasteiger partial charge in [0.05, 0.1) is 7.11 Å². The molecular weight excluding hydrogens is 317 g/mol. The quantitative estimate of drug-likeness (QED) is 0.745. The van der Waals surface area contributed by atoms with Gasteiger partial charge in [0, 0.05) is 28.2 Å². The summed E-state index contributed by atoms with van der Waals surface area (Å²) < 4.78 is 6.01. The van der Waals surface area contributed by atoms with Crippen LogP contribution in [0.4, 0.5) is 0 Å². The first-order chi connectivity index (χ1) is 9.11. The zero-order valence-corrected chi connectivity index (χ0v) is 13.6. The average molecular weight is 332 g/mol. The number of halogens is 2. The van der Waals surface area contributed by atoms with Crippen molar-refractivity contribution in [3.63, 3.8) is 0 Å². The molecule has 0 saturated heterocycles. The minimum Gasteiger partial charge on any atom is -0.465 e. The molecule has 2 aromatic rings. The molecule has 1 aliphatic heterocycles. The second-order valence-corrected chi connectivity index (χ2v) is 6.25. The Bertz CT molecular complexity index is 669. The summed E-state index contributed by atoms with van der Waals surface area (Å²) in [6, 6.07) is 3.92. The molecule has 0 unspecified atom stereocenters. The summed E-state index contributed by atoms with van der Waals surface area (Å²) in [7, 11) is 3.48. The van der Waals surface area contributed by atoms with Gasteiger partial charge in [-0.1, -0.05) is 11.6 Å². The van der Waals surface area contributed by atoms with Gasteiger partial charge < -0.3 is 9.64 Å². The van der Waals surface area contributed by atoms with E-state index in [0.29, 0.717) is 4.88 Å². The maximum Gasteiger partial charge on any atom is 0.348 e. The zero-order chi connectivity index (χ0) is 13.6. The van der Waals surface area contributed by atoms with Crippen molar-refractivity contribution in [2.45, 2.75) is 13.0 Å². The molecule has 3 rings (SSSR count). The Morgan fingerprint density at radius 2 is 2.15 bits per heavy atom. The highest BCUT2D eigenvalue weighted by Gasteiger charge is 2.25. The highest BCUT2D eigenvalue weighted by Crippen LogP contribution is 2.39. The Labute approximate surface area is 132 Å². The first kappa shape index (κ1) is 15.6. The van der Waals surface area contributed by atoms with Gasteiger partial charge in [0.15, 0.2) is 0 Å².